The van der Waals surface area contributed by atoms with E-state index in [0.29, 0.717) is 5.02 Å². The van der Waals surface area contributed by atoms with Gasteiger partial charge in [0.25, 0.3) is 5.69 Å². The van der Waals surface area contributed by atoms with Crippen molar-refractivity contribution in [3.05, 3.63) is 32.8 Å². The topological polar surface area (TPSA) is 49.6 Å². The van der Waals surface area contributed by atoms with Crippen molar-refractivity contribution in [1.82, 2.24) is 4.90 Å². The summed E-state index contributed by atoms with van der Waals surface area (Å²) in [6.45, 7) is 7.61. The zero-order chi connectivity index (χ0) is 16.4. The van der Waals surface area contributed by atoms with E-state index in [0.717, 1.165) is 30.3 Å². The molecule has 3 rings (SSSR count). The van der Waals surface area contributed by atoms with E-state index in [-0.39, 0.29) is 10.6 Å². The molecule has 2 heterocycles. The van der Waals surface area contributed by atoms with Gasteiger partial charge in [-0.2, -0.15) is 0 Å². The summed E-state index contributed by atoms with van der Waals surface area (Å²) in [5.41, 5.74) is 1.93. The third kappa shape index (κ3) is 3.78. The third-order valence-corrected chi connectivity index (χ3v) is 5.38. The van der Waals surface area contributed by atoms with Gasteiger partial charge in [-0.05, 0) is 57.2 Å². The highest BCUT2D eigenvalue weighted by molar-refractivity contribution is 6.33. The molecule has 23 heavy (non-hydrogen) atoms. The van der Waals surface area contributed by atoms with Crippen LogP contribution < -0.4 is 4.90 Å². The summed E-state index contributed by atoms with van der Waals surface area (Å²) in [5, 5.41) is 11.4. The molecule has 0 aromatic heterocycles. The Bertz CT molecular complexity index is 556. The second-order valence-electron chi connectivity index (χ2n) is 6.79. The van der Waals surface area contributed by atoms with Crippen LogP contribution in [0, 0.1) is 23.0 Å². The Morgan fingerprint density at radius 1 is 1.22 bits per heavy atom. The molecule has 0 radical (unpaired) electrons. The van der Waals surface area contributed by atoms with Crippen LogP contribution in [0.3, 0.4) is 0 Å². The summed E-state index contributed by atoms with van der Waals surface area (Å²) < 4.78 is 0. The lowest BCUT2D eigenvalue weighted by molar-refractivity contribution is -0.384. The Balaban J connectivity index is 1.64. The van der Waals surface area contributed by atoms with Gasteiger partial charge in [-0.15, -0.1) is 0 Å². The van der Waals surface area contributed by atoms with Crippen LogP contribution in [0.15, 0.2) is 12.1 Å². The molecule has 2 aliphatic rings. The Hall–Kier alpha value is -1.33. The molecule has 2 aliphatic heterocycles. The predicted octanol–water partition coefficient (Wildman–Crippen LogP) is 3.87. The van der Waals surface area contributed by atoms with Crippen LogP contribution in [0.2, 0.25) is 5.02 Å². The fourth-order valence-corrected chi connectivity index (χ4v) is 4.27. The molecule has 5 nitrogen and oxygen atoms in total. The lowest BCUT2D eigenvalue weighted by atomic mass is 9.95. The molecule has 0 unspecified atom stereocenters. The molecule has 1 aromatic rings. The first-order valence-corrected chi connectivity index (χ1v) is 8.84. The van der Waals surface area contributed by atoms with Crippen molar-refractivity contribution in [2.45, 2.75) is 32.6 Å². The number of benzene rings is 1. The van der Waals surface area contributed by atoms with Crippen molar-refractivity contribution < 1.29 is 4.92 Å². The average molecular weight is 338 g/mol. The molecule has 0 N–H and O–H groups in total. The summed E-state index contributed by atoms with van der Waals surface area (Å²) in [4.78, 5) is 15.4. The number of nitro groups is 1. The monoisotopic (exact) mass is 337 g/mol. The highest BCUT2D eigenvalue weighted by Crippen LogP contribution is 2.36. The standard InChI is InChI=1S/C17H24ClN3O2/c1-13-10-15(21(22)23)11-16(18)17(13)20-8-4-14(5-9-20)12-19-6-2-3-7-19/h10-11,14H,2-9,12H2,1H3. The van der Waals surface area contributed by atoms with Crippen LogP contribution in [-0.4, -0.2) is 42.5 Å². The molecular formula is C17H24ClN3O2. The molecule has 0 bridgehead atoms. The summed E-state index contributed by atoms with van der Waals surface area (Å²) >= 11 is 6.33. The molecule has 126 valence electrons. The molecule has 2 fully saturated rings. The number of hydrogen-bond donors (Lipinski definition) is 0. The van der Waals surface area contributed by atoms with E-state index in [1.807, 2.05) is 6.92 Å². The van der Waals surface area contributed by atoms with Crippen molar-refractivity contribution in [2.24, 2.45) is 5.92 Å². The van der Waals surface area contributed by atoms with Gasteiger partial charge in [0.2, 0.25) is 0 Å². The molecular weight excluding hydrogens is 314 g/mol. The van der Waals surface area contributed by atoms with Crippen LogP contribution in [0.5, 0.6) is 0 Å². The van der Waals surface area contributed by atoms with Gasteiger partial charge >= 0.3 is 0 Å². The fraction of sp³-hybridized carbons (Fsp3) is 0.647. The maximum absolute atomic E-state index is 10.9. The van der Waals surface area contributed by atoms with Gasteiger partial charge in [-0.3, -0.25) is 10.1 Å². The Morgan fingerprint density at radius 2 is 1.87 bits per heavy atom. The lowest BCUT2D eigenvalue weighted by Crippen LogP contribution is -2.38. The van der Waals surface area contributed by atoms with Crippen LogP contribution >= 0.6 is 11.6 Å². The predicted molar refractivity (Wildman–Crippen MR) is 93.5 cm³/mol. The number of likely N-dealkylation sites (tertiary alicyclic amines) is 1. The van der Waals surface area contributed by atoms with Gasteiger partial charge in [0.15, 0.2) is 0 Å². The number of non-ortho nitro benzene ring substituents is 1. The minimum absolute atomic E-state index is 0.0696. The zero-order valence-corrected chi connectivity index (χ0v) is 14.4. The van der Waals surface area contributed by atoms with Gasteiger partial charge in [0.1, 0.15) is 0 Å². The molecule has 0 saturated carbocycles. The Kier molecular flexibility index (Phi) is 5.07. The normalized spacial score (nSPS) is 20.2. The van der Waals surface area contributed by atoms with Crippen LogP contribution in [0.25, 0.3) is 0 Å². The molecule has 0 atom stereocenters. The van der Waals surface area contributed by atoms with Crippen molar-refractivity contribution in [1.29, 1.82) is 0 Å². The van der Waals surface area contributed by atoms with Gasteiger partial charge in [-0.1, -0.05) is 11.6 Å². The van der Waals surface area contributed by atoms with Crippen molar-refractivity contribution >= 4 is 23.0 Å². The van der Waals surface area contributed by atoms with Crippen molar-refractivity contribution in [3.8, 4) is 0 Å². The number of piperidine rings is 1. The maximum atomic E-state index is 10.9. The number of aryl methyl sites for hydroxylation is 1. The van der Waals surface area contributed by atoms with Crippen LogP contribution in [-0.2, 0) is 0 Å². The van der Waals surface area contributed by atoms with Gasteiger partial charge in [0, 0.05) is 31.8 Å². The average Bonchev–Trinajstić information content (AvgIpc) is 3.01. The molecule has 2 saturated heterocycles. The Labute approximate surface area is 142 Å². The molecule has 1 aromatic carbocycles. The van der Waals surface area contributed by atoms with Gasteiger partial charge < -0.3 is 9.80 Å². The quantitative estimate of drug-likeness (QED) is 0.618. The number of nitro benzene ring substituents is 1. The van der Waals surface area contributed by atoms with Gasteiger partial charge in [0.05, 0.1) is 15.6 Å². The number of hydrogen-bond acceptors (Lipinski definition) is 4. The summed E-state index contributed by atoms with van der Waals surface area (Å²) in [6.07, 6.45) is 5.03. The SMILES string of the molecule is Cc1cc([N+](=O)[O-])cc(Cl)c1N1CCC(CN2CCCC2)CC1. The van der Waals surface area contributed by atoms with E-state index in [2.05, 4.69) is 9.80 Å². The summed E-state index contributed by atoms with van der Waals surface area (Å²) in [6, 6.07) is 3.09. The van der Waals surface area contributed by atoms with Crippen molar-refractivity contribution in [2.75, 3.05) is 37.6 Å². The minimum atomic E-state index is -0.384. The number of rotatable bonds is 4. The second-order valence-corrected chi connectivity index (χ2v) is 7.20. The van der Waals surface area contributed by atoms with E-state index < -0.39 is 0 Å². The zero-order valence-electron chi connectivity index (χ0n) is 13.6. The number of anilines is 1. The van der Waals surface area contributed by atoms with E-state index in [9.17, 15) is 10.1 Å². The summed E-state index contributed by atoms with van der Waals surface area (Å²) in [5.74, 6) is 0.765. The van der Waals surface area contributed by atoms with Crippen molar-refractivity contribution in [3.63, 3.8) is 0 Å². The minimum Gasteiger partial charge on any atom is -0.370 e. The van der Waals surface area contributed by atoms with E-state index in [1.54, 1.807) is 6.07 Å². The smallest absolute Gasteiger partial charge is 0.271 e. The first kappa shape index (κ1) is 16.5. The highest BCUT2D eigenvalue weighted by atomic mass is 35.5. The first-order chi connectivity index (χ1) is 11.0. The van der Waals surface area contributed by atoms with E-state index >= 15 is 0 Å². The van der Waals surface area contributed by atoms with Crippen LogP contribution in [0.4, 0.5) is 11.4 Å². The number of nitrogens with zero attached hydrogens (tertiary/aromatic N) is 3. The third-order valence-electron chi connectivity index (χ3n) is 5.10. The van der Waals surface area contributed by atoms with E-state index in [1.165, 1.54) is 51.4 Å². The number of halogens is 1. The van der Waals surface area contributed by atoms with E-state index in [4.69, 9.17) is 11.6 Å². The first-order valence-electron chi connectivity index (χ1n) is 8.46. The largest absolute Gasteiger partial charge is 0.370 e. The maximum Gasteiger partial charge on any atom is 0.271 e. The fourth-order valence-electron chi connectivity index (χ4n) is 3.89. The lowest BCUT2D eigenvalue weighted by Gasteiger charge is -2.36. The molecule has 6 heteroatoms. The molecule has 0 spiro atoms. The summed E-state index contributed by atoms with van der Waals surface area (Å²) in [7, 11) is 0. The van der Waals surface area contributed by atoms with Gasteiger partial charge in [-0.25, -0.2) is 0 Å². The molecule has 0 aliphatic carbocycles. The Morgan fingerprint density at radius 3 is 2.43 bits per heavy atom. The highest BCUT2D eigenvalue weighted by Gasteiger charge is 2.25. The second kappa shape index (κ2) is 7.05. The molecule has 0 amide bonds. The van der Waals surface area contributed by atoms with Crippen LogP contribution in [0.1, 0.15) is 31.2 Å².